The van der Waals surface area contributed by atoms with Gasteiger partial charge in [0.05, 0.1) is 10.7 Å². The Morgan fingerprint density at radius 1 is 1.07 bits per heavy atom. The van der Waals surface area contributed by atoms with Crippen LogP contribution < -0.4 is 5.32 Å². The molecule has 1 N–H and O–H groups in total. The van der Waals surface area contributed by atoms with Crippen molar-refractivity contribution in [2.45, 2.75) is 33.1 Å². The number of aromatic nitrogens is 2. The summed E-state index contributed by atoms with van der Waals surface area (Å²) in [6.45, 7) is 7.17. The predicted octanol–water partition coefficient (Wildman–Crippen LogP) is 6.04. The molecular formula is C22H23N3OS. The van der Waals surface area contributed by atoms with Crippen LogP contribution in [0.5, 0.6) is 0 Å². The summed E-state index contributed by atoms with van der Waals surface area (Å²) >= 11 is 1.68. The summed E-state index contributed by atoms with van der Waals surface area (Å²) in [6, 6.07) is 15.4. The van der Waals surface area contributed by atoms with Gasteiger partial charge < -0.3 is 9.73 Å². The van der Waals surface area contributed by atoms with Crippen LogP contribution in [0.15, 0.2) is 52.3 Å². The molecule has 0 unspecified atom stereocenters. The van der Waals surface area contributed by atoms with Crippen LogP contribution >= 0.6 is 11.3 Å². The number of benzene rings is 2. The van der Waals surface area contributed by atoms with Gasteiger partial charge in [0.1, 0.15) is 5.52 Å². The smallest absolute Gasteiger partial charge is 0.295 e. The van der Waals surface area contributed by atoms with Crippen molar-refractivity contribution in [2.24, 2.45) is 0 Å². The fraction of sp³-hybridized carbons (Fsp3) is 0.273. The molecule has 138 valence electrons. The van der Waals surface area contributed by atoms with Crippen LogP contribution in [-0.4, -0.2) is 16.5 Å². The van der Waals surface area contributed by atoms with Crippen molar-refractivity contribution in [3.8, 4) is 11.3 Å². The quantitative estimate of drug-likeness (QED) is 0.445. The van der Waals surface area contributed by atoms with E-state index in [4.69, 9.17) is 4.42 Å². The van der Waals surface area contributed by atoms with Crippen LogP contribution in [0.1, 0.15) is 35.9 Å². The first-order chi connectivity index (χ1) is 13.1. The maximum Gasteiger partial charge on any atom is 0.295 e. The maximum absolute atomic E-state index is 5.79. The number of hydrogen-bond donors (Lipinski definition) is 1. The molecule has 2 aromatic carbocycles. The fourth-order valence-corrected chi connectivity index (χ4v) is 3.65. The van der Waals surface area contributed by atoms with Gasteiger partial charge in [0.15, 0.2) is 5.58 Å². The van der Waals surface area contributed by atoms with Crippen molar-refractivity contribution in [3.63, 3.8) is 0 Å². The van der Waals surface area contributed by atoms with Crippen LogP contribution in [0.25, 0.3) is 22.4 Å². The first-order valence-corrected chi connectivity index (χ1v) is 10.1. The molecule has 0 radical (unpaired) electrons. The largest absolute Gasteiger partial charge is 0.424 e. The Bertz CT molecular complexity index is 1050. The second-order valence-electron chi connectivity index (χ2n) is 7.03. The van der Waals surface area contributed by atoms with Crippen molar-refractivity contribution in [1.29, 1.82) is 0 Å². The molecular weight excluding hydrogens is 354 g/mol. The minimum atomic E-state index is 0.485. The van der Waals surface area contributed by atoms with E-state index in [2.05, 4.69) is 70.9 Å². The van der Waals surface area contributed by atoms with Gasteiger partial charge in [0, 0.05) is 17.5 Å². The Hall–Kier alpha value is -2.66. The minimum absolute atomic E-state index is 0.485. The van der Waals surface area contributed by atoms with Gasteiger partial charge in [0.25, 0.3) is 6.01 Å². The Balaban J connectivity index is 1.37. The zero-order valence-corrected chi connectivity index (χ0v) is 16.6. The molecule has 0 amide bonds. The molecule has 0 saturated heterocycles. The molecule has 0 aliphatic heterocycles. The Morgan fingerprint density at radius 3 is 2.59 bits per heavy atom. The second-order valence-corrected chi connectivity index (χ2v) is 8.09. The molecule has 0 fully saturated rings. The average molecular weight is 378 g/mol. The third-order valence-corrected chi connectivity index (χ3v) is 5.41. The molecule has 2 aromatic heterocycles. The molecule has 4 rings (SSSR count). The molecule has 2 heterocycles. The van der Waals surface area contributed by atoms with Gasteiger partial charge in [-0.2, -0.15) is 4.98 Å². The van der Waals surface area contributed by atoms with Gasteiger partial charge in [-0.25, -0.2) is 4.98 Å². The number of thiazole rings is 1. The van der Waals surface area contributed by atoms with E-state index in [9.17, 15) is 0 Å². The van der Waals surface area contributed by atoms with Gasteiger partial charge >= 0.3 is 0 Å². The minimum Gasteiger partial charge on any atom is -0.424 e. The first kappa shape index (κ1) is 17.7. The van der Waals surface area contributed by atoms with Crippen LogP contribution in [0.3, 0.4) is 0 Å². The van der Waals surface area contributed by atoms with Crippen molar-refractivity contribution >= 4 is 28.5 Å². The summed E-state index contributed by atoms with van der Waals surface area (Å²) in [5.74, 6) is 0.485. The normalized spacial score (nSPS) is 11.4. The number of nitrogens with one attached hydrogen (secondary N) is 1. The molecule has 0 bridgehead atoms. The zero-order chi connectivity index (χ0) is 18.8. The lowest BCUT2D eigenvalue weighted by molar-refractivity contribution is 0.614. The monoisotopic (exact) mass is 377 g/mol. The summed E-state index contributed by atoms with van der Waals surface area (Å²) in [5.41, 5.74) is 6.50. The van der Waals surface area contributed by atoms with Gasteiger partial charge in [-0.1, -0.05) is 44.2 Å². The standard InChI is InChI=1S/C22H23N3OS/c1-14(2)18-8-9-21-19(12-18)25-22(26-21)23-11-10-16-4-6-17(7-5-16)20-13-27-15(3)24-20/h4-9,12-14H,10-11H2,1-3H3,(H,23,25). The summed E-state index contributed by atoms with van der Waals surface area (Å²) in [5, 5.41) is 6.49. The third-order valence-electron chi connectivity index (χ3n) is 4.64. The Labute approximate surface area is 163 Å². The fourth-order valence-electron chi connectivity index (χ4n) is 3.03. The van der Waals surface area contributed by atoms with Gasteiger partial charge in [-0.3, -0.25) is 0 Å². The SMILES string of the molecule is Cc1nc(-c2ccc(CCNc3nc4cc(C(C)C)ccc4o3)cc2)cs1. The van der Waals surface area contributed by atoms with E-state index in [1.165, 1.54) is 11.1 Å². The molecule has 0 aliphatic rings. The van der Waals surface area contributed by atoms with E-state index >= 15 is 0 Å². The van der Waals surface area contributed by atoms with Crippen LogP contribution in [0.2, 0.25) is 0 Å². The van der Waals surface area contributed by atoms with E-state index in [0.29, 0.717) is 11.9 Å². The van der Waals surface area contributed by atoms with Gasteiger partial charge in [-0.05, 0) is 42.5 Å². The van der Waals surface area contributed by atoms with E-state index in [1.54, 1.807) is 11.3 Å². The number of anilines is 1. The van der Waals surface area contributed by atoms with E-state index in [1.807, 2.05) is 13.0 Å². The topological polar surface area (TPSA) is 51.0 Å². The maximum atomic E-state index is 5.79. The van der Waals surface area contributed by atoms with Crippen molar-refractivity contribution in [2.75, 3.05) is 11.9 Å². The van der Waals surface area contributed by atoms with Crippen molar-refractivity contribution < 1.29 is 4.42 Å². The van der Waals surface area contributed by atoms with Crippen LogP contribution in [0, 0.1) is 6.92 Å². The molecule has 0 atom stereocenters. The summed E-state index contributed by atoms with van der Waals surface area (Å²) in [6.07, 6.45) is 0.909. The van der Waals surface area contributed by atoms with Gasteiger partial charge in [0.2, 0.25) is 0 Å². The zero-order valence-electron chi connectivity index (χ0n) is 15.8. The predicted molar refractivity (Wildman–Crippen MR) is 113 cm³/mol. The van der Waals surface area contributed by atoms with Crippen molar-refractivity contribution in [1.82, 2.24) is 9.97 Å². The number of nitrogens with zero attached hydrogens (tertiary/aromatic N) is 2. The summed E-state index contributed by atoms with van der Waals surface area (Å²) in [7, 11) is 0. The lowest BCUT2D eigenvalue weighted by Crippen LogP contribution is -2.04. The van der Waals surface area contributed by atoms with Crippen molar-refractivity contribution in [3.05, 3.63) is 64.0 Å². The molecule has 0 saturated carbocycles. The van der Waals surface area contributed by atoms with E-state index < -0.39 is 0 Å². The lowest BCUT2D eigenvalue weighted by atomic mass is 10.0. The first-order valence-electron chi connectivity index (χ1n) is 9.24. The molecule has 4 nitrogen and oxygen atoms in total. The molecule has 0 aliphatic carbocycles. The highest BCUT2D eigenvalue weighted by Crippen LogP contribution is 2.24. The average Bonchev–Trinajstić information content (AvgIpc) is 3.27. The number of fused-ring (bicyclic) bond motifs is 1. The molecule has 27 heavy (non-hydrogen) atoms. The third kappa shape index (κ3) is 4.03. The molecule has 4 aromatic rings. The van der Waals surface area contributed by atoms with Gasteiger partial charge in [-0.15, -0.1) is 11.3 Å². The Morgan fingerprint density at radius 2 is 1.89 bits per heavy atom. The number of aryl methyl sites for hydroxylation is 1. The summed E-state index contributed by atoms with van der Waals surface area (Å²) in [4.78, 5) is 9.09. The highest BCUT2D eigenvalue weighted by molar-refractivity contribution is 7.09. The number of rotatable bonds is 6. The lowest BCUT2D eigenvalue weighted by Gasteiger charge is -2.03. The molecule has 5 heteroatoms. The number of oxazole rings is 1. The highest BCUT2D eigenvalue weighted by Gasteiger charge is 2.08. The summed E-state index contributed by atoms with van der Waals surface area (Å²) < 4.78 is 5.79. The second kappa shape index (κ2) is 7.53. The van der Waals surface area contributed by atoms with E-state index in [0.717, 1.165) is 40.3 Å². The Kier molecular flexibility index (Phi) is 4.94. The van der Waals surface area contributed by atoms with Crippen LogP contribution in [0.4, 0.5) is 6.01 Å². The van der Waals surface area contributed by atoms with Crippen LogP contribution in [-0.2, 0) is 6.42 Å². The number of hydrogen-bond acceptors (Lipinski definition) is 5. The molecule has 0 spiro atoms. The van der Waals surface area contributed by atoms with E-state index in [-0.39, 0.29) is 0 Å². The highest BCUT2D eigenvalue weighted by atomic mass is 32.1.